The molecule has 48 heavy (non-hydrogen) atoms. The first-order chi connectivity index (χ1) is 23.7. The molecule has 8 aromatic carbocycles. The minimum absolute atomic E-state index is 0.588. The van der Waals surface area contributed by atoms with E-state index >= 15 is 0 Å². The molecule has 0 heterocycles. The molecular formula is C44H30Cl2P2. The van der Waals surface area contributed by atoms with Gasteiger partial charge < -0.3 is 0 Å². The van der Waals surface area contributed by atoms with Gasteiger partial charge in [0.05, 0.1) is 10.0 Å². The number of fused-ring (bicyclic) bond motifs is 2. The first-order valence-electron chi connectivity index (χ1n) is 15.9. The third kappa shape index (κ3) is 5.64. The molecule has 0 fully saturated rings. The molecule has 230 valence electrons. The molecule has 8 aromatic rings. The van der Waals surface area contributed by atoms with E-state index in [0.717, 1.165) is 21.9 Å². The van der Waals surface area contributed by atoms with Crippen LogP contribution >= 0.6 is 39.0 Å². The maximum atomic E-state index is 7.64. The zero-order chi connectivity index (χ0) is 32.5. The molecule has 0 spiro atoms. The van der Waals surface area contributed by atoms with Crippen molar-refractivity contribution in [3.63, 3.8) is 0 Å². The predicted molar refractivity (Wildman–Crippen MR) is 214 cm³/mol. The summed E-state index contributed by atoms with van der Waals surface area (Å²) in [6, 6.07) is 65.3. The summed E-state index contributed by atoms with van der Waals surface area (Å²) in [7, 11) is -2.03. The fourth-order valence-electron chi connectivity index (χ4n) is 6.65. The molecule has 0 saturated heterocycles. The van der Waals surface area contributed by atoms with Gasteiger partial charge >= 0.3 is 0 Å². The molecule has 0 saturated carbocycles. The van der Waals surface area contributed by atoms with Crippen LogP contribution in [-0.4, -0.2) is 0 Å². The summed E-state index contributed by atoms with van der Waals surface area (Å²) >= 11 is 15.0. The molecular weight excluding hydrogens is 661 g/mol. The minimum atomic E-state index is -1.04. The Morgan fingerprint density at radius 2 is 0.708 bits per heavy atom. The van der Waals surface area contributed by atoms with Gasteiger partial charge in [-0.3, -0.25) is 0 Å². The Balaban J connectivity index is 1.56. The standard InChI is InChI=1S/C44H30Cl2P2/c45-41-37-27-15-16-28-38(37)44(48(34-22-9-3-10-23-34)35-24-11-4-12-25-35)40(42(41)46)39-30-29-31-17-13-14-26-36(31)43(39)47(32-18-5-1-6-19-32)33-20-7-2-8-21-33/h1-30H. The van der Waals surface area contributed by atoms with Crippen molar-refractivity contribution in [3.8, 4) is 11.1 Å². The monoisotopic (exact) mass is 690 g/mol. The Morgan fingerprint density at radius 3 is 1.21 bits per heavy atom. The third-order valence-corrected chi connectivity index (χ3v) is 14.7. The van der Waals surface area contributed by atoms with Gasteiger partial charge in [-0.2, -0.15) is 0 Å². The van der Waals surface area contributed by atoms with E-state index in [0.29, 0.717) is 10.0 Å². The largest absolute Gasteiger partial charge is 0.0820 e. The van der Waals surface area contributed by atoms with Crippen molar-refractivity contribution in [2.45, 2.75) is 0 Å². The van der Waals surface area contributed by atoms with E-state index in [1.807, 2.05) is 6.07 Å². The van der Waals surface area contributed by atoms with Gasteiger partial charge in [0.25, 0.3) is 0 Å². The fourth-order valence-corrected chi connectivity index (χ4v) is 12.5. The molecule has 0 radical (unpaired) electrons. The van der Waals surface area contributed by atoms with Crippen LogP contribution in [0.3, 0.4) is 0 Å². The third-order valence-electron chi connectivity index (χ3n) is 8.74. The van der Waals surface area contributed by atoms with Crippen LogP contribution in [0.25, 0.3) is 32.7 Å². The van der Waals surface area contributed by atoms with E-state index in [4.69, 9.17) is 23.2 Å². The average Bonchev–Trinajstić information content (AvgIpc) is 3.16. The lowest BCUT2D eigenvalue weighted by atomic mass is 9.98. The van der Waals surface area contributed by atoms with Crippen LogP contribution in [0.4, 0.5) is 0 Å². The Kier molecular flexibility index (Phi) is 8.84. The lowest BCUT2D eigenvalue weighted by Crippen LogP contribution is -2.27. The van der Waals surface area contributed by atoms with E-state index in [9.17, 15) is 0 Å². The van der Waals surface area contributed by atoms with E-state index in [1.165, 1.54) is 42.6 Å². The number of benzene rings is 8. The first kappa shape index (κ1) is 31.0. The topological polar surface area (TPSA) is 0 Å². The number of hydrogen-bond acceptors (Lipinski definition) is 0. The van der Waals surface area contributed by atoms with E-state index in [1.54, 1.807) is 0 Å². The van der Waals surface area contributed by atoms with Gasteiger partial charge in [-0.15, -0.1) is 0 Å². The zero-order valence-electron chi connectivity index (χ0n) is 26.0. The second kappa shape index (κ2) is 13.7. The van der Waals surface area contributed by atoms with Crippen LogP contribution in [0.1, 0.15) is 0 Å². The second-order valence-corrected chi connectivity index (χ2v) is 16.7. The van der Waals surface area contributed by atoms with Crippen LogP contribution in [0, 0.1) is 0 Å². The number of halogens is 2. The summed E-state index contributed by atoms with van der Waals surface area (Å²) in [5.74, 6) is 0. The maximum absolute atomic E-state index is 7.64. The van der Waals surface area contributed by atoms with E-state index in [2.05, 4.69) is 176 Å². The minimum Gasteiger partial charge on any atom is -0.0820 e. The smallest absolute Gasteiger partial charge is 0.0684 e. The van der Waals surface area contributed by atoms with E-state index < -0.39 is 15.8 Å². The molecule has 0 aliphatic rings. The van der Waals surface area contributed by atoms with Crippen molar-refractivity contribution in [1.82, 2.24) is 0 Å². The summed E-state index contributed by atoms with van der Waals surface area (Å²) in [5, 5.41) is 13.3. The van der Waals surface area contributed by atoms with Crippen molar-refractivity contribution in [3.05, 3.63) is 192 Å². The molecule has 0 aliphatic carbocycles. The highest BCUT2D eigenvalue weighted by Crippen LogP contribution is 2.49. The summed E-state index contributed by atoms with van der Waals surface area (Å²) < 4.78 is 0. The lowest BCUT2D eigenvalue weighted by Gasteiger charge is -2.29. The molecule has 4 heteroatoms. The Bertz CT molecular complexity index is 2280. The van der Waals surface area contributed by atoms with Crippen molar-refractivity contribution in [2.75, 3.05) is 0 Å². The second-order valence-electron chi connectivity index (χ2n) is 11.6. The Labute approximate surface area is 294 Å². The SMILES string of the molecule is Clc1c(-c2ccc3ccccc3c2P(c2ccccc2)c2ccccc2)c(P(c2ccccc2)c2ccccc2)c2ccccc2c1Cl. The summed E-state index contributed by atoms with van der Waals surface area (Å²) in [6.45, 7) is 0. The van der Waals surface area contributed by atoms with Gasteiger partial charge in [-0.1, -0.05) is 205 Å². The van der Waals surface area contributed by atoms with Gasteiger partial charge in [0.1, 0.15) is 0 Å². The van der Waals surface area contributed by atoms with Crippen molar-refractivity contribution >= 4 is 92.4 Å². The molecule has 0 atom stereocenters. The number of rotatable bonds is 7. The molecule has 0 unspecified atom stereocenters. The normalized spacial score (nSPS) is 11.5. The molecule has 0 N–H and O–H groups in total. The van der Waals surface area contributed by atoms with Gasteiger partial charge in [0.15, 0.2) is 0 Å². The highest BCUT2D eigenvalue weighted by Gasteiger charge is 2.31. The maximum Gasteiger partial charge on any atom is 0.0684 e. The van der Waals surface area contributed by atoms with Gasteiger partial charge in [-0.05, 0) is 58.8 Å². The first-order valence-corrected chi connectivity index (χ1v) is 19.4. The van der Waals surface area contributed by atoms with Gasteiger partial charge in [0.2, 0.25) is 0 Å². The molecule has 0 aliphatic heterocycles. The van der Waals surface area contributed by atoms with Crippen molar-refractivity contribution in [2.24, 2.45) is 0 Å². The van der Waals surface area contributed by atoms with Crippen LogP contribution in [0.15, 0.2) is 182 Å². The Morgan fingerprint density at radius 1 is 0.312 bits per heavy atom. The summed E-state index contributed by atoms with van der Waals surface area (Å²) in [6.07, 6.45) is 0. The molecule has 0 aromatic heterocycles. The van der Waals surface area contributed by atoms with Crippen LogP contribution in [0.5, 0.6) is 0 Å². The van der Waals surface area contributed by atoms with Crippen molar-refractivity contribution < 1.29 is 0 Å². The fraction of sp³-hybridized carbons (Fsp3) is 0. The summed E-state index contributed by atoms with van der Waals surface area (Å²) in [5.41, 5.74) is 2.14. The lowest BCUT2D eigenvalue weighted by molar-refractivity contribution is 1.70. The van der Waals surface area contributed by atoms with Crippen LogP contribution < -0.4 is 31.8 Å². The Hall–Kier alpha value is -4.28. The van der Waals surface area contributed by atoms with Gasteiger partial charge in [0, 0.05) is 21.6 Å². The molecule has 0 bridgehead atoms. The number of hydrogen-bond donors (Lipinski definition) is 0. The summed E-state index contributed by atoms with van der Waals surface area (Å²) in [4.78, 5) is 0. The molecule has 8 rings (SSSR count). The average molecular weight is 692 g/mol. The highest BCUT2D eigenvalue weighted by molar-refractivity contribution is 7.81. The zero-order valence-corrected chi connectivity index (χ0v) is 29.3. The highest BCUT2D eigenvalue weighted by atomic mass is 35.5. The van der Waals surface area contributed by atoms with E-state index in [-0.39, 0.29) is 0 Å². The van der Waals surface area contributed by atoms with Crippen LogP contribution in [0.2, 0.25) is 10.0 Å². The quantitative estimate of drug-likeness (QED) is 0.146. The van der Waals surface area contributed by atoms with Crippen LogP contribution in [-0.2, 0) is 0 Å². The molecule has 0 nitrogen and oxygen atoms in total. The van der Waals surface area contributed by atoms with Crippen molar-refractivity contribution in [1.29, 1.82) is 0 Å². The predicted octanol–water partition coefficient (Wildman–Crippen LogP) is 10.5. The molecule has 0 amide bonds. The van der Waals surface area contributed by atoms with Gasteiger partial charge in [-0.25, -0.2) is 0 Å².